The lowest BCUT2D eigenvalue weighted by Gasteiger charge is -2.27. The first-order valence-electron chi connectivity index (χ1n) is 9.18. The topological polar surface area (TPSA) is 65.1 Å². The minimum absolute atomic E-state index is 0.165. The quantitative estimate of drug-likeness (QED) is 0.774. The van der Waals surface area contributed by atoms with Gasteiger partial charge in [-0.2, -0.15) is 5.10 Å². The highest BCUT2D eigenvalue weighted by molar-refractivity contribution is 5.83. The van der Waals surface area contributed by atoms with Crippen molar-refractivity contribution in [1.82, 2.24) is 20.1 Å². The molecule has 1 N–H and O–H groups in total. The van der Waals surface area contributed by atoms with Gasteiger partial charge in [0, 0.05) is 30.7 Å². The van der Waals surface area contributed by atoms with Crippen LogP contribution in [0.5, 0.6) is 0 Å². The van der Waals surface area contributed by atoms with E-state index >= 15 is 0 Å². The number of nitrogens with zero attached hydrogens (tertiary/aromatic N) is 4. The summed E-state index contributed by atoms with van der Waals surface area (Å²) in [6.45, 7) is 2.43. The Bertz CT molecular complexity index is 965. The lowest BCUT2D eigenvalue weighted by atomic mass is 10.1. The Hall–Kier alpha value is -2.89. The Labute approximate surface area is 151 Å². The van der Waals surface area contributed by atoms with Gasteiger partial charge in [0.2, 0.25) is 5.91 Å². The number of hydrogen-bond donors (Lipinski definition) is 1. The minimum atomic E-state index is 0.165. The molecular formula is C20H21N5O. The number of anilines is 1. The Balaban J connectivity index is 1.41. The Morgan fingerprint density at radius 2 is 2.27 bits per heavy atom. The molecule has 0 radical (unpaired) electrons. The minimum Gasteiger partial charge on any atom is -0.365 e. The molecule has 1 fully saturated rings. The number of rotatable bonds is 2. The van der Waals surface area contributed by atoms with Gasteiger partial charge in [-0.05, 0) is 42.7 Å². The summed E-state index contributed by atoms with van der Waals surface area (Å²) in [5, 5.41) is 8.04. The van der Waals surface area contributed by atoms with Crippen LogP contribution in [0.3, 0.4) is 0 Å². The van der Waals surface area contributed by atoms with Crippen molar-refractivity contribution in [2.75, 3.05) is 18.0 Å². The summed E-state index contributed by atoms with van der Waals surface area (Å²) < 4.78 is 0. The smallest absolute Gasteiger partial charge is 0.227 e. The lowest BCUT2D eigenvalue weighted by Crippen LogP contribution is -2.40. The van der Waals surface area contributed by atoms with E-state index in [9.17, 15) is 4.79 Å². The molecule has 1 saturated heterocycles. The molecule has 132 valence electrons. The Morgan fingerprint density at radius 3 is 3.23 bits per heavy atom. The van der Waals surface area contributed by atoms with Crippen molar-refractivity contribution in [1.29, 1.82) is 0 Å². The molecular weight excluding hydrogens is 326 g/mol. The molecule has 1 amide bonds. The summed E-state index contributed by atoms with van der Waals surface area (Å²) >= 11 is 0. The first-order chi connectivity index (χ1) is 12.8. The lowest BCUT2D eigenvalue weighted by molar-refractivity contribution is -0.131. The molecule has 0 aliphatic carbocycles. The number of amides is 1. The second-order valence-electron chi connectivity index (χ2n) is 7.20. The van der Waals surface area contributed by atoms with Crippen LogP contribution in [0.1, 0.15) is 24.1 Å². The number of hydrogen-bond acceptors (Lipinski definition) is 4. The highest BCUT2D eigenvalue weighted by atomic mass is 16.2. The SMILES string of the molecule is O=C(Cc1ccc2[nH]ncc2c1)N1Cc2ncccc2N2CCC[C@H]2C1. The highest BCUT2D eigenvalue weighted by Gasteiger charge is 2.33. The van der Waals surface area contributed by atoms with Gasteiger partial charge in [0.05, 0.1) is 36.1 Å². The molecule has 0 spiro atoms. The van der Waals surface area contributed by atoms with Crippen molar-refractivity contribution >= 4 is 22.5 Å². The molecule has 0 unspecified atom stereocenters. The average molecular weight is 347 g/mol. The van der Waals surface area contributed by atoms with E-state index in [1.54, 1.807) is 6.20 Å². The van der Waals surface area contributed by atoms with Crippen LogP contribution in [0.25, 0.3) is 10.9 Å². The molecule has 1 aromatic carbocycles. The fraction of sp³-hybridized carbons (Fsp3) is 0.350. The fourth-order valence-corrected chi connectivity index (χ4v) is 4.23. The van der Waals surface area contributed by atoms with E-state index in [4.69, 9.17) is 0 Å². The predicted molar refractivity (Wildman–Crippen MR) is 99.8 cm³/mol. The molecule has 0 bridgehead atoms. The zero-order valence-corrected chi connectivity index (χ0v) is 14.6. The van der Waals surface area contributed by atoms with Gasteiger partial charge in [-0.1, -0.05) is 6.07 Å². The summed E-state index contributed by atoms with van der Waals surface area (Å²) in [5.74, 6) is 0.165. The average Bonchev–Trinajstić information content (AvgIpc) is 3.27. The van der Waals surface area contributed by atoms with Crippen LogP contribution in [0.2, 0.25) is 0 Å². The van der Waals surface area contributed by atoms with Crippen molar-refractivity contribution in [2.24, 2.45) is 0 Å². The molecule has 2 aliphatic heterocycles. The molecule has 3 aromatic rings. The molecule has 6 nitrogen and oxygen atoms in total. The number of pyridine rings is 1. The van der Waals surface area contributed by atoms with Crippen LogP contribution >= 0.6 is 0 Å². The molecule has 6 heteroatoms. The standard InChI is InChI=1S/C20H21N5O/c26-20(10-14-5-6-17-15(9-14)11-22-23-17)24-12-16-3-2-8-25(16)19-4-1-7-21-18(19)13-24/h1,4-7,9,11,16H,2-3,8,10,12-13H2,(H,22,23)/t16-/m0/s1. The Kier molecular flexibility index (Phi) is 3.62. The zero-order chi connectivity index (χ0) is 17.5. The number of fused-ring (bicyclic) bond motifs is 4. The number of aromatic nitrogens is 3. The van der Waals surface area contributed by atoms with Gasteiger partial charge >= 0.3 is 0 Å². The van der Waals surface area contributed by atoms with Gasteiger partial charge < -0.3 is 9.80 Å². The second kappa shape index (κ2) is 6.12. The first kappa shape index (κ1) is 15.4. The number of nitrogens with one attached hydrogen (secondary N) is 1. The summed E-state index contributed by atoms with van der Waals surface area (Å²) in [5.41, 5.74) is 4.23. The van der Waals surface area contributed by atoms with Crippen LogP contribution in [-0.2, 0) is 17.8 Å². The van der Waals surface area contributed by atoms with E-state index in [1.165, 1.54) is 12.1 Å². The second-order valence-corrected chi connectivity index (χ2v) is 7.20. The van der Waals surface area contributed by atoms with Gasteiger partial charge in [0.1, 0.15) is 0 Å². The van der Waals surface area contributed by atoms with Gasteiger partial charge in [-0.15, -0.1) is 0 Å². The largest absolute Gasteiger partial charge is 0.365 e. The summed E-state index contributed by atoms with van der Waals surface area (Å²) in [6.07, 6.45) is 6.35. The Morgan fingerprint density at radius 1 is 1.31 bits per heavy atom. The predicted octanol–water partition coefficient (Wildman–Crippen LogP) is 2.51. The van der Waals surface area contributed by atoms with E-state index in [0.29, 0.717) is 19.0 Å². The maximum Gasteiger partial charge on any atom is 0.227 e. The van der Waals surface area contributed by atoms with Crippen molar-refractivity contribution in [3.05, 3.63) is 54.0 Å². The summed E-state index contributed by atoms with van der Waals surface area (Å²) in [4.78, 5) is 22.0. The van der Waals surface area contributed by atoms with Gasteiger partial charge in [0.15, 0.2) is 0 Å². The van der Waals surface area contributed by atoms with Crippen molar-refractivity contribution in [2.45, 2.75) is 31.8 Å². The number of benzene rings is 1. The maximum atomic E-state index is 13.0. The molecule has 2 aromatic heterocycles. The third-order valence-electron chi connectivity index (χ3n) is 5.54. The van der Waals surface area contributed by atoms with Crippen LogP contribution in [0, 0.1) is 0 Å². The third-order valence-corrected chi connectivity index (χ3v) is 5.54. The number of carbonyl (C=O) groups is 1. The van der Waals surface area contributed by atoms with Crippen molar-refractivity contribution < 1.29 is 4.79 Å². The van der Waals surface area contributed by atoms with E-state index in [0.717, 1.165) is 41.7 Å². The van der Waals surface area contributed by atoms with E-state index in [2.05, 4.69) is 26.1 Å². The zero-order valence-electron chi connectivity index (χ0n) is 14.6. The molecule has 1 atom stereocenters. The third kappa shape index (κ3) is 2.62. The van der Waals surface area contributed by atoms with Crippen molar-refractivity contribution in [3.63, 3.8) is 0 Å². The van der Waals surface area contributed by atoms with Crippen LogP contribution in [0.4, 0.5) is 5.69 Å². The monoisotopic (exact) mass is 347 g/mol. The highest BCUT2D eigenvalue weighted by Crippen LogP contribution is 2.32. The number of H-pyrrole nitrogens is 1. The first-order valence-corrected chi connectivity index (χ1v) is 9.18. The molecule has 5 rings (SSSR count). The molecule has 0 saturated carbocycles. The molecule has 2 aliphatic rings. The van der Waals surface area contributed by atoms with E-state index in [1.807, 2.05) is 35.4 Å². The molecule has 4 heterocycles. The van der Waals surface area contributed by atoms with E-state index in [-0.39, 0.29) is 5.91 Å². The van der Waals surface area contributed by atoms with Gasteiger partial charge in [0.25, 0.3) is 0 Å². The van der Waals surface area contributed by atoms with Gasteiger partial charge in [-0.3, -0.25) is 14.9 Å². The molecule has 26 heavy (non-hydrogen) atoms. The van der Waals surface area contributed by atoms with Crippen LogP contribution < -0.4 is 4.90 Å². The van der Waals surface area contributed by atoms with Gasteiger partial charge in [-0.25, -0.2) is 0 Å². The van der Waals surface area contributed by atoms with E-state index < -0.39 is 0 Å². The maximum absolute atomic E-state index is 13.0. The summed E-state index contributed by atoms with van der Waals surface area (Å²) in [6, 6.07) is 10.6. The summed E-state index contributed by atoms with van der Waals surface area (Å²) in [7, 11) is 0. The van der Waals surface area contributed by atoms with Crippen LogP contribution in [-0.4, -0.2) is 45.1 Å². The van der Waals surface area contributed by atoms with Crippen molar-refractivity contribution in [3.8, 4) is 0 Å². The normalized spacial score (nSPS) is 19.3. The van der Waals surface area contributed by atoms with Crippen LogP contribution in [0.15, 0.2) is 42.7 Å². The fourth-order valence-electron chi connectivity index (χ4n) is 4.23. The number of aromatic amines is 1. The number of carbonyl (C=O) groups excluding carboxylic acids is 1.